The van der Waals surface area contributed by atoms with Crippen LogP contribution in [-0.2, 0) is 28.6 Å². The first-order chi connectivity index (χ1) is 41.0. The molecule has 0 heterocycles. The van der Waals surface area contributed by atoms with Gasteiger partial charge in [-0.1, -0.05) is 378 Å². The van der Waals surface area contributed by atoms with Crippen molar-refractivity contribution in [1.29, 1.82) is 0 Å². The van der Waals surface area contributed by atoms with Gasteiger partial charge in [-0.2, -0.15) is 0 Å². The molecule has 0 saturated carbocycles. The molecule has 6 heteroatoms. The zero-order valence-corrected chi connectivity index (χ0v) is 56.0. The van der Waals surface area contributed by atoms with E-state index in [0.29, 0.717) is 19.3 Å². The lowest BCUT2D eigenvalue weighted by Gasteiger charge is -2.18. The van der Waals surface area contributed by atoms with Crippen LogP contribution in [0.4, 0.5) is 0 Å². The molecule has 0 aliphatic carbocycles. The summed E-state index contributed by atoms with van der Waals surface area (Å²) in [5.41, 5.74) is 0. The average Bonchev–Trinajstić information content (AvgIpc) is 3.48. The minimum Gasteiger partial charge on any atom is -0.462 e. The Kier molecular flexibility index (Phi) is 69.6. The molecule has 1 atom stereocenters. The summed E-state index contributed by atoms with van der Waals surface area (Å²) in [6, 6.07) is 0. The zero-order chi connectivity index (χ0) is 59.9. The van der Waals surface area contributed by atoms with E-state index in [4.69, 9.17) is 14.2 Å². The van der Waals surface area contributed by atoms with Crippen LogP contribution in [0.15, 0.2) is 48.6 Å². The van der Waals surface area contributed by atoms with Gasteiger partial charge in [0.2, 0.25) is 0 Å². The Bertz CT molecular complexity index is 1430. The largest absolute Gasteiger partial charge is 0.462 e. The summed E-state index contributed by atoms with van der Waals surface area (Å²) in [5, 5.41) is 0. The second kappa shape index (κ2) is 71.8. The fourth-order valence-electron chi connectivity index (χ4n) is 11.3. The van der Waals surface area contributed by atoms with E-state index in [1.807, 2.05) is 0 Å². The predicted molar refractivity (Wildman–Crippen MR) is 362 cm³/mol. The van der Waals surface area contributed by atoms with Gasteiger partial charge in [-0.3, -0.25) is 14.4 Å². The highest BCUT2D eigenvalue weighted by Gasteiger charge is 2.20. The summed E-state index contributed by atoms with van der Waals surface area (Å²) < 4.78 is 17.0. The summed E-state index contributed by atoms with van der Waals surface area (Å²) >= 11 is 0. The minimum atomic E-state index is -0.771. The lowest BCUT2D eigenvalue weighted by molar-refractivity contribution is -0.167. The highest BCUT2D eigenvalue weighted by Crippen LogP contribution is 2.19. The summed E-state index contributed by atoms with van der Waals surface area (Å²) in [6.45, 7) is 6.59. The lowest BCUT2D eigenvalue weighted by Crippen LogP contribution is -2.30. The van der Waals surface area contributed by atoms with E-state index in [0.717, 1.165) is 83.5 Å². The van der Waals surface area contributed by atoms with Crippen molar-refractivity contribution in [2.75, 3.05) is 13.2 Å². The van der Waals surface area contributed by atoms with Gasteiger partial charge in [0.25, 0.3) is 0 Å². The van der Waals surface area contributed by atoms with Crippen LogP contribution in [-0.4, -0.2) is 37.2 Å². The monoisotopic (exact) mass is 1160 g/mol. The van der Waals surface area contributed by atoms with Gasteiger partial charge in [-0.15, -0.1) is 0 Å². The van der Waals surface area contributed by atoms with Crippen molar-refractivity contribution in [2.24, 2.45) is 0 Å². The molecule has 0 fully saturated rings. The maximum Gasteiger partial charge on any atom is 0.306 e. The van der Waals surface area contributed by atoms with Gasteiger partial charge in [-0.25, -0.2) is 0 Å². The van der Waals surface area contributed by atoms with Crippen LogP contribution in [0.25, 0.3) is 0 Å². The number of hydrogen-bond acceptors (Lipinski definition) is 6. The molecule has 0 aliphatic heterocycles. The lowest BCUT2D eigenvalue weighted by atomic mass is 10.0. The first-order valence-electron chi connectivity index (χ1n) is 37.1. The molecule has 0 aliphatic rings. The van der Waals surface area contributed by atoms with Crippen LogP contribution in [0.1, 0.15) is 406 Å². The van der Waals surface area contributed by atoms with Crippen LogP contribution in [0.3, 0.4) is 0 Å². The van der Waals surface area contributed by atoms with Crippen LogP contribution in [0.5, 0.6) is 0 Å². The molecule has 0 aromatic carbocycles. The highest BCUT2D eigenvalue weighted by molar-refractivity contribution is 5.71. The van der Waals surface area contributed by atoms with Crippen LogP contribution >= 0.6 is 0 Å². The second-order valence-corrected chi connectivity index (χ2v) is 25.2. The SMILES string of the molecule is CC/C=C\C/C=C\C/C=C\C/C=C\CCCCCCCCCCCCCCC(=O)OC(COC(=O)CCCCCCCCCCCC)COC(=O)CCCCCCCCCCCCCCCCCCCCCCCCCCCCCCCC. The fraction of sp³-hybridized carbons (Fsp3) is 0.857. The molecule has 83 heavy (non-hydrogen) atoms. The zero-order valence-electron chi connectivity index (χ0n) is 56.0. The number of rotatable bonds is 69. The van der Waals surface area contributed by atoms with Gasteiger partial charge in [0.15, 0.2) is 6.10 Å². The molecule has 0 aromatic heterocycles. The normalized spacial score (nSPS) is 12.3. The number of ether oxygens (including phenoxy) is 3. The smallest absolute Gasteiger partial charge is 0.306 e. The van der Waals surface area contributed by atoms with Crippen LogP contribution in [0.2, 0.25) is 0 Å². The van der Waals surface area contributed by atoms with E-state index in [9.17, 15) is 14.4 Å². The van der Waals surface area contributed by atoms with Gasteiger partial charge < -0.3 is 14.2 Å². The van der Waals surface area contributed by atoms with E-state index in [1.165, 1.54) is 283 Å². The van der Waals surface area contributed by atoms with Gasteiger partial charge in [0.05, 0.1) is 0 Å². The van der Waals surface area contributed by atoms with Crippen LogP contribution < -0.4 is 0 Å². The standard InChI is InChI=1S/C77H142O6/c1-4-7-10-13-16-19-22-24-26-28-30-32-34-36-37-38-39-40-42-43-45-47-49-51-53-55-58-61-64-67-70-76(79)82-73-74(72-81-75(78)69-66-63-60-57-21-18-15-12-9-6-3)83-77(80)71-68-65-62-59-56-54-52-50-48-46-44-41-35-33-31-29-27-25-23-20-17-14-11-8-5-2/h8,11,17,20,25,27,31,33,74H,4-7,9-10,12-16,18-19,21-24,26,28-30,32,34-73H2,1-3H3/b11-8-,20-17-,27-25-,33-31-. The van der Waals surface area contributed by atoms with Crippen molar-refractivity contribution in [3.63, 3.8) is 0 Å². The van der Waals surface area contributed by atoms with Gasteiger partial charge in [0, 0.05) is 19.3 Å². The number of unbranched alkanes of at least 4 members (excludes halogenated alkanes) is 50. The Labute approximate surface area is 518 Å². The molecule has 486 valence electrons. The summed E-state index contributed by atoms with van der Waals surface area (Å²) in [5.74, 6) is -0.843. The Morgan fingerprint density at radius 2 is 0.470 bits per heavy atom. The first kappa shape index (κ1) is 80.4. The summed E-state index contributed by atoms with van der Waals surface area (Å²) in [7, 11) is 0. The molecular weight excluding hydrogens is 1020 g/mol. The number of esters is 3. The third-order valence-electron chi connectivity index (χ3n) is 16.8. The van der Waals surface area contributed by atoms with E-state index in [-0.39, 0.29) is 31.1 Å². The molecule has 0 spiro atoms. The Morgan fingerprint density at radius 3 is 0.735 bits per heavy atom. The Balaban J connectivity index is 4.10. The Morgan fingerprint density at radius 1 is 0.253 bits per heavy atom. The number of carbonyl (C=O) groups is 3. The maximum absolute atomic E-state index is 12.9. The topological polar surface area (TPSA) is 78.9 Å². The molecule has 0 rings (SSSR count). The molecule has 6 nitrogen and oxygen atoms in total. The molecule has 1 unspecified atom stereocenters. The van der Waals surface area contributed by atoms with Gasteiger partial charge in [-0.05, 0) is 57.8 Å². The van der Waals surface area contributed by atoms with Crippen molar-refractivity contribution in [3.05, 3.63) is 48.6 Å². The van der Waals surface area contributed by atoms with Crippen molar-refractivity contribution in [3.8, 4) is 0 Å². The van der Waals surface area contributed by atoms with Crippen molar-refractivity contribution < 1.29 is 28.6 Å². The molecule has 0 amide bonds. The minimum absolute atomic E-state index is 0.0677. The Hall–Kier alpha value is -2.63. The van der Waals surface area contributed by atoms with E-state index >= 15 is 0 Å². The van der Waals surface area contributed by atoms with Crippen molar-refractivity contribution in [1.82, 2.24) is 0 Å². The van der Waals surface area contributed by atoms with Crippen molar-refractivity contribution >= 4 is 17.9 Å². The molecule has 0 radical (unpaired) electrons. The number of hydrogen-bond donors (Lipinski definition) is 0. The third kappa shape index (κ3) is 70.0. The quantitative estimate of drug-likeness (QED) is 0.0261. The average molecular weight is 1160 g/mol. The third-order valence-corrected chi connectivity index (χ3v) is 16.8. The second-order valence-electron chi connectivity index (χ2n) is 25.2. The van der Waals surface area contributed by atoms with Gasteiger partial charge >= 0.3 is 17.9 Å². The van der Waals surface area contributed by atoms with Gasteiger partial charge in [0.1, 0.15) is 13.2 Å². The highest BCUT2D eigenvalue weighted by atomic mass is 16.6. The number of carbonyl (C=O) groups excluding carboxylic acids is 3. The fourth-order valence-corrected chi connectivity index (χ4v) is 11.3. The van der Waals surface area contributed by atoms with E-state index in [2.05, 4.69) is 69.4 Å². The van der Waals surface area contributed by atoms with Crippen LogP contribution in [0, 0.1) is 0 Å². The van der Waals surface area contributed by atoms with Crippen molar-refractivity contribution in [2.45, 2.75) is 412 Å². The molecule has 0 N–H and O–H groups in total. The van der Waals surface area contributed by atoms with E-state index < -0.39 is 6.10 Å². The molecule has 0 saturated heterocycles. The maximum atomic E-state index is 12.9. The predicted octanol–water partition coefficient (Wildman–Crippen LogP) is 25.7. The number of allylic oxidation sites excluding steroid dienone is 8. The first-order valence-corrected chi connectivity index (χ1v) is 37.1. The molecule has 0 aromatic rings. The molecular formula is C77H142O6. The summed E-state index contributed by atoms with van der Waals surface area (Å²) in [4.78, 5) is 38.4. The summed E-state index contributed by atoms with van der Waals surface area (Å²) in [6.07, 6.45) is 91.7. The van der Waals surface area contributed by atoms with E-state index in [1.54, 1.807) is 0 Å². The molecule has 0 bridgehead atoms.